The molecule has 1 fully saturated rings. The lowest BCUT2D eigenvalue weighted by molar-refractivity contribution is -0.122. The van der Waals surface area contributed by atoms with Crippen molar-refractivity contribution in [3.8, 4) is 0 Å². The summed E-state index contributed by atoms with van der Waals surface area (Å²) < 4.78 is 28.2. The number of aliphatic hydroxyl groups is 2. The summed E-state index contributed by atoms with van der Waals surface area (Å²) in [6.07, 6.45) is 2.81. The fourth-order valence-corrected chi connectivity index (χ4v) is 4.16. The number of ether oxygens (including phenoxy) is 1. The standard InChI is InChI=1S/C18H29NO5S.CH2O2/c1-24-11-3-9-18(14-20)13-19(10-8-17(18)21)12-15-4-6-16(7-5-15)25(2,22)23;2-1-3/h4-7,17,20-21H,3,8-14H2,1-2H3;1H,(H,2,3)/t17-,18+;/m1./s1. The summed E-state index contributed by atoms with van der Waals surface area (Å²) in [5.41, 5.74) is 0.497. The van der Waals surface area contributed by atoms with E-state index in [9.17, 15) is 18.6 Å². The smallest absolute Gasteiger partial charge is 0.290 e. The molecule has 1 aromatic rings. The Kier molecular flexibility index (Phi) is 10.0. The van der Waals surface area contributed by atoms with Gasteiger partial charge in [0.25, 0.3) is 6.47 Å². The van der Waals surface area contributed by atoms with Crippen LogP contribution in [-0.4, -0.2) is 80.9 Å². The Bertz CT molecular complexity index is 693. The molecule has 8 nitrogen and oxygen atoms in total. The van der Waals surface area contributed by atoms with E-state index in [0.29, 0.717) is 37.4 Å². The lowest BCUT2D eigenvalue weighted by Crippen LogP contribution is -2.53. The topological polar surface area (TPSA) is 124 Å². The van der Waals surface area contributed by atoms with Crippen LogP contribution in [0.5, 0.6) is 0 Å². The highest BCUT2D eigenvalue weighted by molar-refractivity contribution is 7.90. The van der Waals surface area contributed by atoms with E-state index in [2.05, 4.69) is 4.90 Å². The third-order valence-electron chi connectivity index (χ3n) is 5.06. The first kappa shape index (κ1) is 24.5. The highest BCUT2D eigenvalue weighted by atomic mass is 32.2. The fourth-order valence-electron chi connectivity index (χ4n) is 3.52. The molecule has 0 aliphatic carbocycles. The van der Waals surface area contributed by atoms with Crippen molar-refractivity contribution >= 4 is 16.3 Å². The number of hydrogen-bond donors (Lipinski definition) is 3. The Labute approximate surface area is 166 Å². The molecule has 2 rings (SSSR count). The molecule has 1 saturated heterocycles. The quantitative estimate of drug-likeness (QED) is 0.418. The zero-order chi connectivity index (χ0) is 21.2. The van der Waals surface area contributed by atoms with Gasteiger partial charge in [-0.1, -0.05) is 12.1 Å². The van der Waals surface area contributed by atoms with Crippen molar-refractivity contribution in [2.24, 2.45) is 5.41 Å². The largest absolute Gasteiger partial charge is 0.483 e. The average Bonchev–Trinajstić information content (AvgIpc) is 2.65. The normalized spacial score (nSPS) is 22.9. The average molecular weight is 418 g/mol. The predicted molar refractivity (Wildman–Crippen MR) is 105 cm³/mol. The zero-order valence-electron chi connectivity index (χ0n) is 16.5. The first-order valence-corrected chi connectivity index (χ1v) is 11.0. The van der Waals surface area contributed by atoms with Crippen molar-refractivity contribution in [1.82, 2.24) is 4.90 Å². The van der Waals surface area contributed by atoms with Gasteiger partial charge in [0, 0.05) is 45.0 Å². The van der Waals surface area contributed by atoms with Gasteiger partial charge in [-0.25, -0.2) is 8.42 Å². The van der Waals surface area contributed by atoms with E-state index in [-0.39, 0.29) is 13.1 Å². The maximum atomic E-state index is 11.5. The van der Waals surface area contributed by atoms with Crippen LogP contribution in [0, 0.1) is 5.41 Å². The Morgan fingerprint density at radius 2 is 1.93 bits per heavy atom. The van der Waals surface area contributed by atoms with Gasteiger partial charge < -0.3 is 20.1 Å². The minimum absolute atomic E-state index is 0.0542. The van der Waals surface area contributed by atoms with E-state index in [1.54, 1.807) is 19.2 Å². The molecule has 0 bridgehead atoms. The Hall–Kier alpha value is -1.52. The number of carboxylic acid groups (broad SMARTS) is 1. The number of methoxy groups -OCH3 is 1. The second-order valence-corrected chi connectivity index (χ2v) is 9.17. The fraction of sp³-hybridized carbons (Fsp3) is 0.632. The number of benzene rings is 1. The molecule has 0 unspecified atom stereocenters. The zero-order valence-corrected chi connectivity index (χ0v) is 17.3. The molecule has 0 amide bonds. The van der Waals surface area contributed by atoms with Crippen molar-refractivity contribution < 1.29 is 33.3 Å². The van der Waals surface area contributed by atoms with Gasteiger partial charge in [0.15, 0.2) is 9.84 Å². The number of hydrogen-bond acceptors (Lipinski definition) is 7. The third kappa shape index (κ3) is 7.14. The molecular weight excluding hydrogens is 386 g/mol. The summed E-state index contributed by atoms with van der Waals surface area (Å²) in [5, 5.41) is 27.3. The van der Waals surface area contributed by atoms with Crippen molar-refractivity contribution in [2.45, 2.75) is 36.8 Å². The molecular formula is C19H31NO7S. The van der Waals surface area contributed by atoms with Crippen LogP contribution >= 0.6 is 0 Å². The van der Waals surface area contributed by atoms with Crippen LogP contribution in [0.1, 0.15) is 24.8 Å². The molecule has 0 aromatic heterocycles. The van der Waals surface area contributed by atoms with Crippen LogP contribution in [0.25, 0.3) is 0 Å². The summed E-state index contributed by atoms with van der Waals surface area (Å²) in [7, 11) is -1.54. The van der Waals surface area contributed by atoms with E-state index in [1.807, 2.05) is 12.1 Å². The molecule has 9 heteroatoms. The van der Waals surface area contributed by atoms with Crippen LogP contribution in [0.4, 0.5) is 0 Å². The first-order valence-electron chi connectivity index (χ1n) is 9.09. The number of nitrogens with zero attached hydrogens (tertiary/aromatic N) is 1. The first-order chi connectivity index (χ1) is 13.2. The van der Waals surface area contributed by atoms with Crippen molar-refractivity contribution in [1.29, 1.82) is 0 Å². The number of rotatable bonds is 8. The van der Waals surface area contributed by atoms with Gasteiger partial charge in [-0.05, 0) is 37.0 Å². The summed E-state index contributed by atoms with van der Waals surface area (Å²) in [5.74, 6) is 0. The predicted octanol–water partition coefficient (Wildman–Crippen LogP) is 0.763. The molecule has 0 radical (unpaired) electrons. The molecule has 2 atom stereocenters. The number of piperidine rings is 1. The lowest BCUT2D eigenvalue weighted by Gasteiger charge is -2.45. The molecule has 28 heavy (non-hydrogen) atoms. The monoisotopic (exact) mass is 417 g/mol. The highest BCUT2D eigenvalue weighted by Gasteiger charge is 2.41. The Morgan fingerprint density at radius 1 is 1.32 bits per heavy atom. The third-order valence-corrected chi connectivity index (χ3v) is 6.19. The van der Waals surface area contributed by atoms with Gasteiger partial charge >= 0.3 is 0 Å². The Balaban J connectivity index is 0.00000122. The summed E-state index contributed by atoms with van der Waals surface area (Å²) in [6.45, 7) is 2.34. The molecule has 0 spiro atoms. The van der Waals surface area contributed by atoms with Gasteiger partial charge in [0.05, 0.1) is 17.6 Å². The number of sulfone groups is 1. The molecule has 1 aliphatic rings. The molecule has 160 valence electrons. The molecule has 3 N–H and O–H groups in total. The van der Waals surface area contributed by atoms with Crippen molar-refractivity contribution in [3.63, 3.8) is 0 Å². The van der Waals surface area contributed by atoms with E-state index < -0.39 is 21.4 Å². The van der Waals surface area contributed by atoms with Crippen molar-refractivity contribution in [3.05, 3.63) is 29.8 Å². The minimum Gasteiger partial charge on any atom is -0.483 e. The number of carbonyl (C=O) groups is 1. The maximum Gasteiger partial charge on any atom is 0.290 e. The van der Waals surface area contributed by atoms with Gasteiger partial charge in [-0.3, -0.25) is 9.69 Å². The van der Waals surface area contributed by atoms with E-state index in [1.165, 1.54) is 6.26 Å². The van der Waals surface area contributed by atoms with E-state index >= 15 is 0 Å². The summed E-state index contributed by atoms with van der Waals surface area (Å²) >= 11 is 0. The molecule has 1 aliphatic heterocycles. The summed E-state index contributed by atoms with van der Waals surface area (Å²) in [4.78, 5) is 10.9. The van der Waals surface area contributed by atoms with Gasteiger partial charge in [0.1, 0.15) is 0 Å². The summed E-state index contributed by atoms with van der Waals surface area (Å²) in [6, 6.07) is 6.91. The highest BCUT2D eigenvalue weighted by Crippen LogP contribution is 2.35. The van der Waals surface area contributed by atoms with E-state index in [4.69, 9.17) is 14.6 Å². The van der Waals surface area contributed by atoms with Crippen LogP contribution in [-0.2, 0) is 25.9 Å². The van der Waals surface area contributed by atoms with Gasteiger partial charge in [-0.15, -0.1) is 0 Å². The van der Waals surface area contributed by atoms with Crippen molar-refractivity contribution in [2.75, 3.05) is 39.7 Å². The van der Waals surface area contributed by atoms with Crippen LogP contribution in [0.2, 0.25) is 0 Å². The lowest BCUT2D eigenvalue weighted by atomic mass is 9.74. The van der Waals surface area contributed by atoms with E-state index in [0.717, 1.165) is 18.5 Å². The van der Waals surface area contributed by atoms with Crippen LogP contribution in [0.15, 0.2) is 29.2 Å². The molecule has 1 aromatic carbocycles. The second-order valence-electron chi connectivity index (χ2n) is 7.15. The molecule has 1 heterocycles. The minimum atomic E-state index is -3.19. The van der Waals surface area contributed by atoms with Gasteiger partial charge in [0.2, 0.25) is 0 Å². The SMILES string of the molecule is COCCC[C@@]1(CO)CN(Cc2ccc(S(C)(=O)=O)cc2)CC[C@H]1O.O=CO. The number of aliphatic hydroxyl groups excluding tert-OH is 2. The molecule has 0 saturated carbocycles. The van der Waals surface area contributed by atoms with Crippen LogP contribution < -0.4 is 0 Å². The maximum absolute atomic E-state index is 11.5. The Morgan fingerprint density at radius 3 is 2.43 bits per heavy atom. The van der Waals surface area contributed by atoms with Crippen LogP contribution in [0.3, 0.4) is 0 Å². The van der Waals surface area contributed by atoms with Gasteiger partial charge in [-0.2, -0.15) is 0 Å². The number of likely N-dealkylation sites (tertiary alicyclic amines) is 1. The second kappa shape index (κ2) is 11.5.